The van der Waals surface area contributed by atoms with Crippen LogP contribution in [0.4, 0.5) is 0 Å². The fourth-order valence-corrected chi connectivity index (χ4v) is 2.85. The second-order valence-electron chi connectivity index (χ2n) is 5.29. The molecule has 2 rings (SSSR count). The van der Waals surface area contributed by atoms with Gasteiger partial charge in [-0.3, -0.25) is 4.79 Å². The van der Waals surface area contributed by atoms with Crippen molar-refractivity contribution in [2.45, 2.75) is 32.1 Å². The Labute approximate surface area is 125 Å². The zero-order chi connectivity index (χ0) is 14.4. The predicted molar refractivity (Wildman–Crippen MR) is 79.7 cm³/mol. The Morgan fingerprint density at radius 2 is 2.05 bits per heavy atom. The fourth-order valence-electron chi connectivity index (χ4n) is 2.60. The molecule has 1 aliphatic rings. The number of carbonyl (C=O) groups is 1. The number of ketones is 1. The van der Waals surface area contributed by atoms with Gasteiger partial charge in [-0.1, -0.05) is 30.9 Å². The van der Waals surface area contributed by atoms with Gasteiger partial charge in [-0.25, -0.2) is 0 Å². The van der Waals surface area contributed by atoms with E-state index in [4.69, 9.17) is 21.1 Å². The number of halogens is 1. The van der Waals surface area contributed by atoms with E-state index in [0.717, 1.165) is 0 Å². The lowest BCUT2D eigenvalue weighted by Gasteiger charge is -2.21. The SMILES string of the molecule is COc1ccc(C(=O)COCC2CCCCC2)cc1Cl. The van der Waals surface area contributed by atoms with Crippen molar-refractivity contribution < 1.29 is 14.3 Å². The van der Waals surface area contributed by atoms with E-state index in [1.807, 2.05) is 0 Å². The molecule has 0 aromatic heterocycles. The molecule has 4 heteroatoms. The summed E-state index contributed by atoms with van der Waals surface area (Å²) in [5, 5.41) is 0.450. The molecule has 1 aliphatic carbocycles. The molecular formula is C16H21ClO3. The predicted octanol–water partition coefficient (Wildman–Crippen LogP) is 4.13. The number of hydrogen-bond donors (Lipinski definition) is 0. The number of rotatable bonds is 6. The van der Waals surface area contributed by atoms with Crippen LogP contribution in [0.5, 0.6) is 5.75 Å². The Kier molecular flexibility index (Phi) is 5.86. The average Bonchev–Trinajstić information content (AvgIpc) is 2.48. The molecule has 0 atom stereocenters. The summed E-state index contributed by atoms with van der Waals surface area (Å²) in [4.78, 5) is 12.0. The van der Waals surface area contributed by atoms with Gasteiger partial charge in [0.25, 0.3) is 0 Å². The first-order valence-electron chi connectivity index (χ1n) is 7.15. The van der Waals surface area contributed by atoms with Crippen molar-refractivity contribution in [1.29, 1.82) is 0 Å². The van der Waals surface area contributed by atoms with Crippen molar-refractivity contribution in [2.75, 3.05) is 20.3 Å². The Balaban J connectivity index is 1.80. The van der Waals surface area contributed by atoms with E-state index in [9.17, 15) is 4.79 Å². The molecule has 0 aliphatic heterocycles. The molecule has 0 spiro atoms. The van der Waals surface area contributed by atoms with Gasteiger partial charge in [0.2, 0.25) is 0 Å². The summed E-state index contributed by atoms with van der Waals surface area (Å²) in [6, 6.07) is 5.06. The van der Waals surface area contributed by atoms with E-state index in [1.165, 1.54) is 32.1 Å². The first kappa shape index (κ1) is 15.3. The van der Waals surface area contributed by atoms with Gasteiger partial charge in [-0.05, 0) is 37.0 Å². The van der Waals surface area contributed by atoms with E-state index in [-0.39, 0.29) is 12.4 Å². The van der Waals surface area contributed by atoms with Crippen LogP contribution in [0.3, 0.4) is 0 Å². The maximum Gasteiger partial charge on any atom is 0.188 e. The topological polar surface area (TPSA) is 35.5 Å². The maximum atomic E-state index is 12.0. The molecule has 1 aromatic carbocycles. The molecule has 20 heavy (non-hydrogen) atoms. The van der Waals surface area contributed by atoms with Gasteiger partial charge in [-0.2, -0.15) is 0 Å². The molecule has 1 aromatic rings. The number of ether oxygens (including phenoxy) is 2. The molecule has 0 radical (unpaired) electrons. The normalized spacial score (nSPS) is 16.1. The van der Waals surface area contributed by atoms with Crippen molar-refractivity contribution in [3.63, 3.8) is 0 Å². The standard InChI is InChI=1S/C16H21ClO3/c1-19-16-8-7-13(9-14(16)17)15(18)11-20-10-12-5-3-2-4-6-12/h7-9,12H,2-6,10-11H2,1H3. The number of hydrogen-bond acceptors (Lipinski definition) is 3. The number of methoxy groups -OCH3 is 1. The van der Waals surface area contributed by atoms with Gasteiger partial charge in [0.1, 0.15) is 12.4 Å². The summed E-state index contributed by atoms with van der Waals surface area (Å²) < 4.78 is 10.6. The van der Waals surface area contributed by atoms with Crippen molar-refractivity contribution in [1.82, 2.24) is 0 Å². The van der Waals surface area contributed by atoms with Crippen LogP contribution in [0.1, 0.15) is 42.5 Å². The minimum atomic E-state index is -0.0367. The molecule has 0 bridgehead atoms. The van der Waals surface area contributed by atoms with Gasteiger partial charge in [0.15, 0.2) is 5.78 Å². The maximum absolute atomic E-state index is 12.0. The summed E-state index contributed by atoms with van der Waals surface area (Å²) in [5.74, 6) is 1.16. The molecule has 0 saturated heterocycles. The summed E-state index contributed by atoms with van der Waals surface area (Å²) >= 11 is 6.01. The highest BCUT2D eigenvalue weighted by atomic mass is 35.5. The molecule has 1 fully saturated rings. The first-order chi connectivity index (χ1) is 9.70. The fraction of sp³-hybridized carbons (Fsp3) is 0.562. The van der Waals surface area contributed by atoms with Crippen LogP contribution in [0.15, 0.2) is 18.2 Å². The van der Waals surface area contributed by atoms with Crippen LogP contribution >= 0.6 is 11.6 Å². The highest BCUT2D eigenvalue weighted by molar-refractivity contribution is 6.32. The largest absolute Gasteiger partial charge is 0.495 e. The third kappa shape index (κ3) is 4.22. The van der Waals surface area contributed by atoms with Gasteiger partial charge in [0, 0.05) is 5.56 Å². The highest BCUT2D eigenvalue weighted by Crippen LogP contribution is 2.26. The monoisotopic (exact) mass is 296 g/mol. The zero-order valence-electron chi connectivity index (χ0n) is 11.9. The van der Waals surface area contributed by atoms with Crippen molar-refractivity contribution in [3.05, 3.63) is 28.8 Å². The Morgan fingerprint density at radius 1 is 1.30 bits per heavy atom. The summed E-state index contributed by atoms with van der Waals surface area (Å²) in [6.45, 7) is 0.814. The van der Waals surface area contributed by atoms with Gasteiger partial charge >= 0.3 is 0 Å². The number of carbonyl (C=O) groups excluding carboxylic acids is 1. The quantitative estimate of drug-likeness (QED) is 0.741. The number of Topliss-reactive ketones (excluding diaryl/α,β-unsaturated/α-hetero) is 1. The van der Waals surface area contributed by atoms with Crippen molar-refractivity contribution in [3.8, 4) is 5.75 Å². The molecule has 110 valence electrons. The summed E-state index contributed by atoms with van der Waals surface area (Å²) in [5.41, 5.74) is 0.569. The molecule has 3 nitrogen and oxygen atoms in total. The van der Waals surface area contributed by atoms with Crippen LogP contribution in [0.2, 0.25) is 5.02 Å². The summed E-state index contributed by atoms with van der Waals surface area (Å²) in [7, 11) is 1.55. The zero-order valence-corrected chi connectivity index (χ0v) is 12.6. The molecule has 0 heterocycles. The van der Waals surface area contributed by atoms with Gasteiger partial charge in [0.05, 0.1) is 18.7 Å². The van der Waals surface area contributed by atoms with Gasteiger partial charge < -0.3 is 9.47 Å². The van der Waals surface area contributed by atoms with E-state index in [2.05, 4.69) is 0 Å². The Morgan fingerprint density at radius 3 is 2.70 bits per heavy atom. The number of benzene rings is 1. The third-order valence-corrected chi connectivity index (χ3v) is 4.08. The van der Waals surface area contributed by atoms with E-state index < -0.39 is 0 Å². The lowest BCUT2D eigenvalue weighted by molar-refractivity contribution is 0.0628. The molecule has 1 saturated carbocycles. The lowest BCUT2D eigenvalue weighted by Crippen LogP contribution is -2.17. The summed E-state index contributed by atoms with van der Waals surface area (Å²) in [6.07, 6.45) is 6.36. The molecule has 0 unspecified atom stereocenters. The van der Waals surface area contributed by atoms with Crippen LogP contribution < -0.4 is 4.74 Å². The third-order valence-electron chi connectivity index (χ3n) is 3.79. The van der Waals surface area contributed by atoms with E-state index in [0.29, 0.717) is 28.9 Å². The van der Waals surface area contributed by atoms with Crippen molar-refractivity contribution >= 4 is 17.4 Å². The van der Waals surface area contributed by atoms with Crippen LogP contribution in [0, 0.1) is 5.92 Å². The Bertz CT molecular complexity index is 453. The van der Waals surface area contributed by atoms with Crippen LogP contribution in [0.25, 0.3) is 0 Å². The lowest BCUT2D eigenvalue weighted by atomic mass is 9.90. The molecular weight excluding hydrogens is 276 g/mol. The average molecular weight is 297 g/mol. The highest BCUT2D eigenvalue weighted by Gasteiger charge is 2.15. The van der Waals surface area contributed by atoms with E-state index in [1.54, 1.807) is 25.3 Å². The van der Waals surface area contributed by atoms with E-state index >= 15 is 0 Å². The minimum absolute atomic E-state index is 0.0367. The van der Waals surface area contributed by atoms with Crippen LogP contribution in [-0.4, -0.2) is 26.1 Å². The van der Waals surface area contributed by atoms with Crippen LogP contribution in [-0.2, 0) is 4.74 Å². The Hall–Kier alpha value is -1.06. The second kappa shape index (κ2) is 7.65. The first-order valence-corrected chi connectivity index (χ1v) is 7.53. The minimum Gasteiger partial charge on any atom is -0.495 e. The smallest absolute Gasteiger partial charge is 0.188 e. The van der Waals surface area contributed by atoms with Gasteiger partial charge in [-0.15, -0.1) is 0 Å². The molecule has 0 amide bonds. The molecule has 0 N–H and O–H groups in total. The van der Waals surface area contributed by atoms with Crippen molar-refractivity contribution in [2.24, 2.45) is 5.92 Å². The second-order valence-corrected chi connectivity index (χ2v) is 5.70.